The third kappa shape index (κ3) is 3.77. The van der Waals surface area contributed by atoms with Crippen LogP contribution in [0.4, 0.5) is 0 Å². The fourth-order valence-corrected chi connectivity index (χ4v) is 2.77. The first kappa shape index (κ1) is 15.3. The maximum atomic E-state index is 12.3. The quantitative estimate of drug-likeness (QED) is 0.934. The second-order valence-corrected chi connectivity index (χ2v) is 5.65. The molecule has 1 aliphatic rings. The molecule has 0 aliphatic carbocycles. The van der Waals surface area contributed by atoms with E-state index >= 15 is 0 Å². The summed E-state index contributed by atoms with van der Waals surface area (Å²) in [5.41, 5.74) is 0.958. The number of amides is 2. The monoisotopic (exact) mass is 313 g/mol. The van der Waals surface area contributed by atoms with Gasteiger partial charge in [-0.1, -0.05) is 6.07 Å². The summed E-state index contributed by atoms with van der Waals surface area (Å²) in [4.78, 5) is 30.3. The van der Waals surface area contributed by atoms with Gasteiger partial charge in [-0.15, -0.1) is 0 Å². The molecule has 0 saturated carbocycles. The molecule has 1 atom stereocenters. The molecule has 1 unspecified atom stereocenters. The van der Waals surface area contributed by atoms with Crippen molar-refractivity contribution in [3.05, 3.63) is 54.2 Å². The predicted octanol–water partition coefficient (Wildman–Crippen LogP) is 1.84. The number of hydrogen-bond acceptors (Lipinski definition) is 4. The summed E-state index contributed by atoms with van der Waals surface area (Å²) in [6, 6.07) is 7.09. The highest BCUT2D eigenvalue weighted by atomic mass is 16.3. The lowest BCUT2D eigenvalue weighted by Gasteiger charge is -2.31. The van der Waals surface area contributed by atoms with E-state index in [1.807, 2.05) is 12.1 Å². The van der Waals surface area contributed by atoms with Gasteiger partial charge in [0.1, 0.15) is 0 Å². The van der Waals surface area contributed by atoms with Gasteiger partial charge in [0.2, 0.25) is 5.91 Å². The molecule has 6 nitrogen and oxygen atoms in total. The van der Waals surface area contributed by atoms with Crippen molar-refractivity contribution in [3.8, 4) is 0 Å². The molecule has 1 fully saturated rings. The van der Waals surface area contributed by atoms with Crippen LogP contribution in [0.25, 0.3) is 0 Å². The van der Waals surface area contributed by atoms with Gasteiger partial charge in [-0.3, -0.25) is 14.6 Å². The van der Waals surface area contributed by atoms with Crippen LogP contribution >= 0.6 is 0 Å². The van der Waals surface area contributed by atoms with E-state index in [0.29, 0.717) is 25.4 Å². The highest BCUT2D eigenvalue weighted by molar-refractivity contribution is 5.92. The van der Waals surface area contributed by atoms with Crippen LogP contribution in [0.3, 0.4) is 0 Å². The lowest BCUT2D eigenvalue weighted by atomic mass is 9.97. The molecule has 3 rings (SSSR count). The molecule has 6 heteroatoms. The van der Waals surface area contributed by atoms with Crippen LogP contribution in [0.2, 0.25) is 0 Å². The molecule has 1 aliphatic heterocycles. The summed E-state index contributed by atoms with van der Waals surface area (Å²) >= 11 is 0. The van der Waals surface area contributed by atoms with Crippen LogP contribution in [0.15, 0.2) is 47.3 Å². The van der Waals surface area contributed by atoms with Gasteiger partial charge in [0, 0.05) is 32.0 Å². The van der Waals surface area contributed by atoms with Gasteiger partial charge in [-0.05, 0) is 36.6 Å². The van der Waals surface area contributed by atoms with Crippen LogP contribution < -0.4 is 5.32 Å². The molecule has 3 heterocycles. The van der Waals surface area contributed by atoms with Gasteiger partial charge in [-0.25, -0.2) is 0 Å². The lowest BCUT2D eigenvalue weighted by Crippen LogP contribution is -2.45. The lowest BCUT2D eigenvalue weighted by molar-refractivity contribution is -0.126. The average molecular weight is 313 g/mol. The SMILES string of the molecule is O=C(NCc1cccnc1)C1CCCN(C(=O)c2ccco2)C1. The molecular weight excluding hydrogens is 294 g/mol. The first-order chi connectivity index (χ1) is 11.2. The van der Waals surface area contributed by atoms with Crippen LogP contribution in [-0.4, -0.2) is 34.8 Å². The molecule has 23 heavy (non-hydrogen) atoms. The van der Waals surface area contributed by atoms with E-state index in [2.05, 4.69) is 10.3 Å². The van der Waals surface area contributed by atoms with Gasteiger partial charge in [0.15, 0.2) is 5.76 Å². The molecule has 1 N–H and O–H groups in total. The zero-order valence-electron chi connectivity index (χ0n) is 12.8. The molecular formula is C17H19N3O3. The second-order valence-electron chi connectivity index (χ2n) is 5.65. The van der Waals surface area contributed by atoms with E-state index < -0.39 is 0 Å². The zero-order chi connectivity index (χ0) is 16.1. The summed E-state index contributed by atoms with van der Waals surface area (Å²) in [7, 11) is 0. The Morgan fingerprint density at radius 3 is 3.00 bits per heavy atom. The van der Waals surface area contributed by atoms with Gasteiger partial charge < -0.3 is 14.6 Å². The molecule has 2 aromatic rings. The molecule has 1 saturated heterocycles. The Kier molecular flexibility index (Phi) is 4.71. The number of carbonyl (C=O) groups excluding carboxylic acids is 2. The number of piperidine rings is 1. The number of pyridine rings is 1. The van der Waals surface area contributed by atoms with E-state index in [1.54, 1.807) is 29.4 Å². The van der Waals surface area contributed by atoms with Crippen molar-refractivity contribution in [1.82, 2.24) is 15.2 Å². The fourth-order valence-electron chi connectivity index (χ4n) is 2.77. The number of furan rings is 1. The maximum Gasteiger partial charge on any atom is 0.289 e. The fraction of sp³-hybridized carbons (Fsp3) is 0.353. The van der Waals surface area contributed by atoms with Gasteiger partial charge in [0.05, 0.1) is 12.2 Å². The third-order valence-electron chi connectivity index (χ3n) is 4.00. The second kappa shape index (κ2) is 7.09. The van der Waals surface area contributed by atoms with Gasteiger partial charge >= 0.3 is 0 Å². The number of hydrogen-bond donors (Lipinski definition) is 1. The molecule has 2 amide bonds. The Morgan fingerprint density at radius 2 is 2.26 bits per heavy atom. The first-order valence-electron chi connectivity index (χ1n) is 7.73. The Bertz CT molecular complexity index is 655. The largest absolute Gasteiger partial charge is 0.459 e. The van der Waals surface area contributed by atoms with Crippen LogP contribution in [0.1, 0.15) is 29.0 Å². The van der Waals surface area contributed by atoms with Crippen molar-refractivity contribution < 1.29 is 14.0 Å². The normalized spacial score (nSPS) is 17.7. The summed E-state index contributed by atoms with van der Waals surface area (Å²) in [5.74, 6) is -0.0358. The third-order valence-corrected chi connectivity index (χ3v) is 4.00. The van der Waals surface area contributed by atoms with Crippen molar-refractivity contribution in [2.24, 2.45) is 5.92 Å². The Balaban J connectivity index is 1.55. The molecule has 0 spiro atoms. The minimum Gasteiger partial charge on any atom is -0.459 e. The molecule has 120 valence electrons. The Morgan fingerprint density at radius 1 is 1.35 bits per heavy atom. The number of likely N-dealkylation sites (tertiary alicyclic amines) is 1. The van der Waals surface area contributed by atoms with Crippen LogP contribution in [0, 0.1) is 5.92 Å². The predicted molar refractivity (Wildman–Crippen MR) is 83.4 cm³/mol. The number of aromatic nitrogens is 1. The van der Waals surface area contributed by atoms with Crippen LogP contribution in [0.5, 0.6) is 0 Å². The topological polar surface area (TPSA) is 75.4 Å². The number of rotatable bonds is 4. The summed E-state index contributed by atoms with van der Waals surface area (Å²) in [6.07, 6.45) is 6.52. The van der Waals surface area contributed by atoms with Gasteiger partial charge in [0.25, 0.3) is 5.91 Å². The maximum absolute atomic E-state index is 12.3. The van der Waals surface area contributed by atoms with Crippen molar-refractivity contribution in [3.63, 3.8) is 0 Å². The van der Waals surface area contributed by atoms with Crippen molar-refractivity contribution in [2.75, 3.05) is 13.1 Å². The molecule has 0 bridgehead atoms. The summed E-state index contributed by atoms with van der Waals surface area (Å²) in [5, 5.41) is 2.92. The molecule has 2 aromatic heterocycles. The van der Waals surface area contributed by atoms with E-state index in [0.717, 1.165) is 18.4 Å². The molecule has 0 aromatic carbocycles. The number of carbonyl (C=O) groups is 2. The zero-order valence-corrected chi connectivity index (χ0v) is 12.8. The summed E-state index contributed by atoms with van der Waals surface area (Å²) in [6.45, 7) is 1.54. The smallest absolute Gasteiger partial charge is 0.289 e. The number of nitrogens with one attached hydrogen (secondary N) is 1. The Hall–Kier alpha value is -2.63. The standard InChI is InChI=1S/C17H19N3O3/c21-16(19-11-13-4-1-7-18-10-13)14-5-2-8-20(12-14)17(22)15-6-3-9-23-15/h1,3-4,6-7,9-10,14H,2,5,8,11-12H2,(H,19,21). The highest BCUT2D eigenvalue weighted by Crippen LogP contribution is 2.19. The van der Waals surface area contributed by atoms with Crippen molar-refractivity contribution in [2.45, 2.75) is 19.4 Å². The Labute approximate surface area is 134 Å². The summed E-state index contributed by atoms with van der Waals surface area (Å²) < 4.78 is 5.15. The average Bonchev–Trinajstić information content (AvgIpc) is 3.14. The minimum absolute atomic E-state index is 0.0224. The van der Waals surface area contributed by atoms with Crippen molar-refractivity contribution >= 4 is 11.8 Å². The first-order valence-corrected chi connectivity index (χ1v) is 7.73. The van der Waals surface area contributed by atoms with E-state index in [1.165, 1.54) is 6.26 Å². The van der Waals surface area contributed by atoms with Gasteiger partial charge in [-0.2, -0.15) is 0 Å². The van der Waals surface area contributed by atoms with E-state index in [-0.39, 0.29) is 17.7 Å². The molecule has 0 radical (unpaired) electrons. The van der Waals surface area contributed by atoms with E-state index in [4.69, 9.17) is 4.42 Å². The number of nitrogens with zero attached hydrogens (tertiary/aromatic N) is 2. The van der Waals surface area contributed by atoms with Crippen LogP contribution in [-0.2, 0) is 11.3 Å². The minimum atomic E-state index is -0.181. The van der Waals surface area contributed by atoms with Crippen molar-refractivity contribution in [1.29, 1.82) is 0 Å². The highest BCUT2D eigenvalue weighted by Gasteiger charge is 2.29. The van der Waals surface area contributed by atoms with E-state index in [9.17, 15) is 9.59 Å².